The maximum absolute atomic E-state index is 13.4. The van der Waals surface area contributed by atoms with E-state index in [0.717, 1.165) is 16.1 Å². The Hall–Kier alpha value is -0.640. The molecule has 5 heteroatoms. The molecule has 2 aromatic rings. The highest BCUT2D eigenvalue weighted by Crippen LogP contribution is 2.33. The third-order valence-corrected chi connectivity index (χ3v) is 4.93. The van der Waals surface area contributed by atoms with Crippen molar-refractivity contribution < 1.29 is 8.78 Å². The van der Waals surface area contributed by atoms with Gasteiger partial charge in [-0.2, -0.15) is 0 Å². The molecule has 0 heterocycles. The largest absolute Gasteiger partial charge is 0.207 e. The summed E-state index contributed by atoms with van der Waals surface area (Å²) in [6.07, 6.45) is 0.366. The van der Waals surface area contributed by atoms with E-state index in [4.69, 9.17) is 23.2 Å². The number of benzene rings is 2. The topological polar surface area (TPSA) is 0 Å². The van der Waals surface area contributed by atoms with Gasteiger partial charge in [0.1, 0.15) is 11.6 Å². The molecule has 0 saturated heterocycles. The Morgan fingerprint density at radius 1 is 0.952 bits per heavy atom. The fourth-order valence-electron chi connectivity index (χ4n) is 2.31. The zero-order valence-electron chi connectivity index (χ0n) is 11.1. The molecule has 0 unspecified atom stereocenters. The highest BCUT2D eigenvalue weighted by atomic mass is 79.9. The third kappa shape index (κ3) is 3.97. The second kappa shape index (κ2) is 7.08. The van der Waals surface area contributed by atoms with Crippen molar-refractivity contribution in [3.8, 4) is 0 Å². The Morgan fingerprint density at radius 3 is 2.10 bits per heavy atom. The summed E-state index contributed by atoms with van der Waals surface area (Å²) in [6.45, 7) is 0. The maximum Gasteiger partial charge on any atom is 0.126 e. The molecule has 0 aliphatic rings. The first-order valence-corrected chi connectivity index (χ1v) is 8.18. The van der Waals surface area contributed by atoms with Crippen molar-refractivity contribution in [2.45, 2.75) is 11.8 Å². The third-order valence-electron chi connectivity index (χ3n) is 3.41. The van der Waals surface area contributed by atoms with Crippen LogP contribution in [0.3, 0.4) is 0 Å². The molecule has 21 heavy (non-hydrogen) atoms. The van der Waals surface area contributed by atoms with Crippen LogP contribution in [0.15, 0.2) is 46.9 Å². The molecule has 0 aromatic heterocycles. The lowest BCUT2D eigenvalue weighted by atomic mass is 9.79. The smallest absolute Gasteiger partial charge is 0.126 e. The van der Waals surface area contributed by atoms with E-state index in [2.05, 4.69) is 15.9 Å². The second-order valence-electron chi connectivity index (χ2n) is 5.01. The molecule has 0 atom stereocenters. The van der Waals surface area contributed by atoms with E-state index in [-0.39, 0.29) is 11.8 Å². The van der Waals surface area contributed by atoms with Crippen LogP contribution >= 0.6 is 39.1 Å². The Morgan fingerprint density at radius 2 is 1.57 bits per heavy atom. The average Bonchev–Trinajstić information content (AvgIpc) is 2.44. The predicted molar refractivity (Wildman–Crippen MR) is 87.3 cm³/mol. The zero-order valence-corrected chi connectivity index (χ0v) is 14.2. The SMILES string of the molecule is Fc1cc(F)cc(CC(CCl)(CCl)c2cccc(Br)c2)c1. The molecule has 0 N–H and O–H groups in total. The Balaban J connectivity index is 2.42. The van der Waals surface area contributed by atoms with E-state index < -0.39 is 17.0 Å². The van der Waals surface area contributed by atoms with Crippen LogP contribution in [0.2, 0.25) is 0 Å². The number of halogens is 5. The van der Waals surface area contributed by atoms with Crippen molar-refractivity contribution in [2.75, 3.05) is 11.8 Å². The zero-order chi connectivity index (χ0) is 15.5. The van der Waals surface area contributed by atoms with Crippen LogP contribution in [0, 0.1) is 11.6 Å². The highest BCUT2D eigenvalue weighted by molar-refractivity contribution is 9.10. The highest BCUT2D eigenvalue weighted by Gasteiger charge is 2.31. The molecule has 2 rings (SSSR count). The van der Waals surface area contributed by atoms with Crippen LogP contribution in [-0.4, -0.2) is 11.8 Å². The van der Waals surface area contributed by atoms with Gasteiger partial charge in [0, 0.05) is 27.7 Å². The van der Waals surface area contributed by atoms with Gasteiger partial charge in [0.05, 0.1) is 0 Å². The van der Waals surface area contributed by atoms with Crippen LogP contribution in [0.25, 0.3) is 0 Å². The van der Waals surface area contributed by atoms with Crippen LogP contribution < -0.4 is 0 Å². The summed E-state index contributed by atoms with van der Waals surface area (Å²) < 4.78 is 27.6. The Kier molecular flexibility index (Phi) is 5.64. The van der Waals surface area contributed by atoms with Crippen molar-refractivity contribution in [2.24, 2.45) is 0 Å². The van der Waals surface area contributed by atoms with Crippen molar-refractivity contribution >= 4 is 39.1 Å². The van der Waals surface area contributed by atoms with Gasteiger partial charge >= 0.3 is 0 Å². The predicted octanol–water partition coefficient (Wildman–Crippen LogP) is 5.69. The fourth-order valence-corrected chi connectivity index (χ4v) is 3.49. The van der Waals surface area contributed by atoms with E-state index in [9.17, 15) is 8.78 Å². The van der Waals surface area contributed by atoms with Gasteiger partial charge in [-0.05, 0) is 41.8 Å². The Labute approximate surface area is 141 Å². The van der Waals surface area contributed by atoms with E-state index >= 15 is 0 Å². The van der Waals surface area contributed by atoms with Gasteiger partial charge in [-0.25, -0.2) is 8.78 Å². The molecular weight excluding hydrogens is 381 g/mol. The first-order valence-electron chi connectivity index (χ1n) is 6.32. The normalized spacial score (nSPS) is 11.7. The van der Waals surface area contributed by atoms with E-state index in [1.807, 2.05) is 24.3 Å². The molecular formula is C16H13BrCl2F2. The summed E-state index contributed by atoms with van der Waals surface area (Å²) in [7, 11) is 0. The number of hydrogen-bond donors (Lipinski definition) is 0. The molecule has 0 fully saturated rings. The average molecular weight is 394 g/mol. The van der Waals surface area contributed by atoms with Crippen molar-refractivity contribution in [1.82, 2.24) is 0 Å². The standard InChI is InChI=1S/C16H13BrCl2F2/c17-13-3-1-2-12(6-13)16(9-18,10-19)8-11-4-14(20)7-15(21)5-11/h1-7H,8-10H2. The van der Waals surface area contributed by atoms with Gasteiger partial charge in [0.2, 0.25) is 0 Å². The quantitative estimate of drug-likeness (QED) is 0.572. The van der Waals surface area contributed by atoms with Crippen LogP contribution in [-0.2, 0) is 11.8 Å². The van der Waals surface area contributed by atoms with Crippen molar-refractivity contribution in [3.63, 3.8) is 0 Å². The summed E-state index contributed by atoms with van der Waals surface area (Å²) in [4.78, 5) is 0. The monoisotopic (exact) mass is 392 g/mol. The number of rotatable bonds is 5. The lowest BCUT2D eigenvalue weighted by Gasteiger charge is -2.30. The van der Waals surface area contributed by atoms with Crippen LogP contribution in [0.4, 0.5) is 8.78 Å². The summed E-state index contributed by atoms with van der Waals surface area (Å²) in [5, 5.41) is 0. The lowest BCUT2D eigenvalue weighted by Crippen LogP contribution is -2.33. The second-order valence-corrected chi connectivity index (χ2v) is 6.46. The van der Waals surface area contributed by atoms with E-state index in [1.165, 1.54) is 12.1 Å². The molecule has 0 spiro atoms. The van der Waals surface area contributed by atoms with E-state index in [1.54, 1.807) is 0 Å². The van der Waals surface area contributed by atoms with Gasteiger partial charge < -0.3 is 0 Å². The molecule has 0 aliphatic carbocycles. The molecule has 0 radical (unpaired) electrons. The summed E-state index contributed by atoms with van der Waals surface area (Å²) in [6, 6.07) is 11.1. The van der Waals surface area contributed by atoms with Crippen LogP contribution in [0.1, 0.15) is 11.1 Å². The van der Waals surface area contributed by atoms with Gasteiger partial charge in [0.25, 0.3) is 0 Å². The molecule has 0 saturated carbocycles. The molecule has 0 bridgehead atoms. The molecule has 112 valence electrons. The first-order chi connectivity index (χ1) is 9.99. The fraction of sp³-hybridized carbons (Fsp3) is 0.250. The van der Waals surface area contributed by atoms with Crippen LogP contribution in [0.5, 0.6) is 0 Å². The van der Waals surface area contributed by atoms with Gasteiger partial charge in [0.15, 0.2) is 0 Å². The summed E-state index contributed by atoms with van der Waals surface area (Å²) in [5.74, 6) is -0.689. The van der Waals surface area contributed by atoms with Crippen molar-refractivity contribution in [3.05, 3.63) is 69.7 Å². The maximum atomic E-state index is 13.4. The van der Waals surface area contributed by atoms with E-state index in [0.29, 0.717) is 12.0 Å². The summed E-state index contributed by atoms with van der Waals surface area (Å²) in [5.41, 5.74) is 0.896. The lowest BCUT2D eigenvalue weighted by molar-refractivity contribution is 0.525. The minimum absolute atomic E-state index is 0.255. The minimum atomic E-state index is -0.600. The van der Waals surface area contributed by atoms with Crippen molar-refractivity contribution in [1.29, 1.82) is 0 Å². The molecule has 0 amide bonds. The molecule has 0 aliphatic heterocycles. The minimum Gasteiger partial charge on any atom is -0.207 e. The summed E-state index contributed by atoms with van der Waals surface area (Å²) >= 11 is 15.7. The molecule has 2 aromatic carbocycles. The van der Waals surface area contributed by atoms with Gasteiger partial charge in [-0.3, -0.25) is 0 Å². The number of hydrogen-bond acceptors (Lipinski definition) is 0. The number of alkyl halides is 2. The van der Waals surface area contributed by atoms with Gasteiger partial charge in [-0.1, -0.05) is 28.1 Å². The first kappa shape index (κ1) is 16.7. The molecule has 0 nitrogen and oxygen atoms in total. The van der Waals surface area contributed by atoms with Gasteiger partial charge in [-0.15, -0.1) is 23.2 Å². The Bertz CT molecular complexity index is 607.